The van der Waals surface area contributed by atoms with Crippen LogP contribution < -0.4 is 5.43 Å². The van der Waals surface area contributed by atoms with E-state index < -0.39 is 0 Å². The molecule has 3 rings (SSSR count). The van der Waals surface area contributed by atoms with E-state index in [9.17, 15) is 0 Å². The zero-order valence-corrected chi connectivity index (χ0v) is 9.01. The first-order valence-electron chi connectivity index (χ1n) is 5.33. The van der Waals surface area contributed by atoms with Crippen molar-refractivity contribution in [2.75, 3.05) is 6.54 Å². The van der Waals surface area contributed by atoms with Gasteiger partial charge in [0.05, 0.1) is 22.6 Å². The quantitative estimate of drug-likeness (QED) is 0.781. The summed E-state index contributed by atoms with van der Waals surface area (Å²) in [5.41, 5.74) is 7.01. The van der Waals surface area contributed by atoms with Gasteiger partial charge in [0, 0.05) is 19.0 Å². The van der Waals surface area contributed by atoms with Gasteiger partial charge in [-0.25, -0.2) is 4.98 Å². The minimum atomic E-state index is 0.248. The highest BCUT2D eigenvalue weighted by Crippen LogP contribution is 2.18. The molecule has 0 radical (unpaired) electrons. The molecule has 4 heteroatoms. The van der Waals surface area contributed by atoms with Gasteiger partial charge in [-0.15, -0.1) is 0 Å². The lowest BCUT2D eigenvalue weighted by Crippen LogP contribution is -2.10. The lowest BCUT2D eigenvalue weighted by Gasteiger charge is -2.06. The molecule has 16 heavy (non-hydrogen) atoms. The first-order chi connectivity index (χ1) is 7.84. The monoisotopic (exact) mass is 212 g/mol. The number of hydrogen-bond donors (Lipinski definition) is 1. The molecule has 0 saturated heterocycles. The molecule has 1 unspecified atom stereocenters. The molecule has 1 aromatic carbocycles. The summed E-state index contributed by atoms with van der Waals surface area (Å²) in [5.74, 6) is 0.248. The lowest BCUT2D eigenvalue weighted by molar-refractivity contribution is 0.751. The van der Waals surface area contributed by atoms with Gasteiger partial charge >= 0.3 is 0 Å². The van der Waals surface area contributed by atoms with Crippen LogP contribution in [0.5, 0.6) is 0 Å². The molecule has 2 aromatic rings. The zero-order chi connectivity index (χ0) is 11.0. The molecule has 0 amide bonds. The van der Waals surface area contributed by atoms with Crippen molar-refractivity contribution in [3.63, 3.8) is 0 Å². The highest BCUT2D eigenvalue weighted by molar-refractivity contribution is 5.78. The average molecular weight is 212 g/mol. The van der Waals surface area contributed by atoms with Crippen molar-refractivity contribution in [2.24, 2.45) is 5.10 Å². The predicted molar refractivity (Wildman–Crippen MR) is 63.5 cm³/mol. The second kappa shape index (κ2) is 3.56. The molecule has 1 atom stereocenters. The van der Waals surface area contributed by atoms with Crippen molar-refractivity contribution in [2.45, 2.75) is 12.8 Å². The van der Waals surface area contributed by atoms with Gasteiger partial charge < -0.3 is 5.43 Å². The topological polar surface area (TPSA) is 50.2 Å². The number of nitrogens with zero attached hydrogens (tertiary/aromatic N) is 3. The SMILES string of the molecule is Cc1cccc2nc(C3C=NNC3)cnc12. The molecule has 1 aromatic heterocycles. The number of benzene rings is 1. The van der Waals surface area contributed by atoms with Crippen LogP contribution in [0.1, 0.15) is 17.2 Å². The third-order valence-corrected chi connectivity index (χ3v) is 2.83. The largest absolute Gasteiger partial charge is 0.309 e. The van der Waals surface area contributed by atoms with Crippen molar-refractivity contribution in [3.8, 4) is 0 Å². The van der Waals surface area contributed by atoms with E-state index in [1.807, 2.05) is 24.5 Å². The van der Waals surface area contributed by atoms with Crippen LogP contribution in [0.15, 0.2) is 29.5 Å². The standard InChI is InChI=1S/C12H12N4/c1-8-3-2-4-10-12(8)13-7-11(16-10)9-5-14-15-6-9/h2-5,7,9,15H,6H2,1H3. The molecule has 2 heterocycles. The lowest BCUT2D eigenvalue weighted by atomic mass is 10.1. The Balaban J connectivity index is 2.12. The summed E-state index contributed by atoms with van der Waals surface area (Å²) in [7, 11) is 0. The maximum atomic E-state index is 4.62. The Bertz CT molecular complexity index is 562. The maximum Gasteiger partial charge on any atom is 0.0916 e. The fourth-order valence-electron chi connectivity index (χ4n) is 1.91. The van der Waals surface area contributed by atoms with E-state index in [0.29, 0.717) is 0 Å². The molecule has 1 aliphatic rings. The highest BCUT2D eigenvalue weighted by Gasteiger charge is 2.15. The normalized spacial score (nSPS) is 18.9. The van der Waals surface area contributed by atoms with Gasteiger partial charge in [-0.2, -0.15) is 5.10 Å². The summed E-state index contributed by atoms with van der Waals surface area (Å²) < 4.78 is 0. The minimum absolute atomic E-state index is 0.248. The number of hydrazone groups is 1. The molecule has 4 nitrogen and oxygen atoms in total. The van der Waals surface area contributed by atoms with E-state index in [0.717, 1.165) is 28.8 Å². The van der Waals surface area contributed by atoms with Gasteiger partial charge in [-0.1, -0.05) is 12.1 Å². The molecule has 1 N–H and O–H groups in total. The average Bonchev–Trinajstić information content (AvgIpc) is 2.82. The van der Waals surface area contributed by atoms with Gasteiger partial charge in [0.1, 0.15) is 0 Å². The number of nitrogens with one attached hydrogen (secondary N) is 1. The van der Waals surface area contributed by atoms with E-state index in [-0.39, 0.29) is 5.92 Å². The molecular formula is C12H12N4. The van der Waals surface area contributed by atoms with Crippen LogP contribution in [-0.2, 0) is 0 Å². The van der Waals surface area contributed by atoms with Gasteiger partial charge in [0.15, 0.2) is 0 Å². The Morgan fingerprint density at radius 1 is 1.38 bits per heavy atom. The minimum Gasteiger partial charge on any atom is -0.309 e. The van der Waals surface area contributed by atoms with Crippen LogP contribution in [0.2, 0.25) is 0 Å². The third-order valence-electron chi connectivity index (χ3n) is 2.83. The van der Waals surface area contributed by atoms with Crippen LogP contribution in [-0.4, -0.2) is 22.7 Å². The van der Waals surface area contributed by atoms with Crippen LogP contribution in [0.25, 0.3) is 11.0 Å². The Hall–Kier alpha value is -1.97. The Kier molecular flexibility index (Phi) is 2.06. The van der Waals surface area contributed by atoms with Crippen LogP contribution >= 0.6 is 0 Å². The first-order valence-corrected chi connectivity index (χ1v) is 5.33. The van der Waals surface area contributed by atoms with Gasteiger partial charge in [0.2, 0.25) is 0 Å². The Morgan fingerprint density at radius 3 is 3.12 bits per heavy atom. The molecule has 0 fully saturated rings. The summed E-state index contributed by atoms with van der Waals surface area (Å²) >= 11 is 0. The molecular weight excluding hydrogens is 200 g/mol. The van der Waals surface area contributed by atoms with Crippen LogP contribution in [0.3, 0.4) is 0 Å². The number of aryl methyl sites for hydroxylation is 1. The van der Waals surface area contributed by atoms with Crippen molar-refractivity contribution in [1.82, 2.24) is 15.4 Å². The summed E-state index contributed by atoms with van der Waals surface area (Å²) in [6.07, 6.45) is 3.73. The van der Waals surface area contributed by atoms with E-state index in [4.69, 9.17) is 0 Å². The molecule has 0 bridgehead atoms. The first kappa shape index (κ1) is 9.27. The van der Waals surface area contributed by atoms with Crippen LogP contribution in [0.4, 0.5) is 0 Å². The smallest absolute Gasteiger partial charge is 0.0916 e. The maximum absolute atomic E-state index is 4.62. The highest BCUT2D eigenvalue weighted by atomic mass is 15.3. The Morgan fingerprint density at radius 2 is 2.31 bits per heavy atom. The van der Waals surface area contributed by atoms with E-state index >= 15 is 0 Å². The Labute approximate surface area is 93.4 Å². The van der Waals surface area contributed by atoms with Crippen molar-refractivity contribution >= 4 is 17.2 Å². The molecule has 1 aliphatic heterocycles. The summed E-state index contributed by atoms with van der Waals surface area (Å²) in [6.45, 7) is 2.86. The predicted octanol–water partition coefficient (Wildman–Crippen LogP) is 1.61. The van der Waals surface area contributed by atoms with Gasteiger partial charge in [-0.05, 0) is 18.6 Å². The fourth-order valence-corrected chi connectivity index (χ4v) is 1.91. The summed E-state index contributed by atoms with van der Waals surface area (Å²) in [6, 6.07) is 6.06. The van der Waals surface area contributed by atoms with Crippen LogP contribution in [0, 0.1) is 6.92 Å². The molecule has 80 valence electrons. The van der Waals surface area contributed by atoms with Crippen molar-refractivity contribution in [3.05, 3.63) is 35.7 Å². The summed E-state index contributed by atoms with van der Waals surface area (Å²) in [5, 5.41) is 4.00. The van der Waals surface area contributed by atoms with Crippen molar-refractivity contribution < 1.29 is 0 Å². The summed E-state index contributed by atoms with van der Waals surface area (Å²) in [4.78, 5) is 9.10. The van der Waals surface area contributed by atoms with E-state index in [1.54, 1.807) is 0 Å². The number of hydrogen-bond acceptors (Lipinski definition) is 4. The fraction of sp³-hybridized carbons (Fsp3) is 0.250. The number of aromatic nitrogens is 2. The number of fused-ring (bicyclic) bond motifs is 1. The number of para-hydroxylation sites is 1. The number of rotatable bonds is 1. The third kappa shape index (κ3) is 1.43. The van der Waals surface area contributed by atoms with E-state index in [1.165, 1.54) is 0 Å². The van der Waals surface area contributed by atoms with Crippen molar-refractivity contribution in [1.29, 1.82) is 0 Å². The second-order valence-electron chi connectivity index (χ2n) is 3.98. The van der Waals surface area contributed by atoms with Gasteiger partial charge in [0.25, 0.3) is 0 Å². The molecule has 0 aliphatic carbocycles. The van der Waals surface area contributed by atoms with E-state index in [2.05, 4.69) is 33.5 Å². The molecule has 0 saturated carbocycles. The second-order valence-corrected chi connectivity index (χ2v) is 3.98. The van der Waals surface area contributed by atoms with Gasteiger partial charge in [-0.3, -0.25) is 4.98 Å². The molecule has 0 spiro atoms. The zero-order valence-electron chi connectivity index (χ0n) is 9.01.